The second-order valence-electron chi connectivity index (χ2n) is 29.2. The van der Waals surface area contributed by atoms with E-state index in [4.69, 9.17) is 116 Å². The highest BCUT2D eigenvalue weighted by Crippen LogP contribution is 2.20. The molecule has 0 amide bonds. The van der Waals surface area contributed by atoms with Gasteiger partial charge in [-0.05, 0) is 110 Å². The summed E-state index contributed by atoms with van der Waals surface area (Å²) >= 11 is 0. The molecule has 0 fully saturated rings. The summed E-state index contributed by atoms with van der Waals surface area (Å²) in [6, 6.07) is 76.5. The van der Waals surface area contributed by atoms with Gasteiger partial charge in [-0.2, -0.15) is 0 Å². The molecule has 0 bridgehead atoms. The maximum Gasteiger partial charge on any atom is 0.329 e. The van der Waals surface area contributed by atoms with Crippen molar-refractivity contribution >= 4 is 17.9 Å². The van der Waals surface area contributed by atoms with Crippen molar-refractivity contribution in [3.8, 4) is 34.5 Å². The predicted molar refractivity (Wildman–Crippen MR) is 483 cm³/mol. The van der Waals surface area contributed by atoms with E-state index in [1.807, 2.05) is 206 Å². The van der Waals surface area contributed by atoms with Crippen LogP contribution in [0.15, 0.2) is 243 Å². The highest BCUT2D eigenvalue weighted by molar-refractivity contribution is 5.68. The number of aliphatic hydroxyl groups excluding tert-OH is 5. The molecule has 8 rings (SSSR count). The number of halogens is 1. The molecule has 33 heteroatoms. The summed E-state index contributed by atoms with van der Waals surface area (Å²) in [5, 5.41) is 75.9. The molecule has 12 unspecified atom stereocenters. The Hall–Kier alpha value is -9.90. The Morgan fingerprint density at radius 2 is 0.466 bits per heavy atom. The number of rotatable bonds is 75. The second-order valence-corrected chi connectivity index (χ2v) is 29.2. The summed E-state index contributed by atoms with van der Waals surface area (Å²) in [6.45, 7) is -2.16. The lowest BCUT2D eigenvalue weighted by Gasteiger charge is -2.27. The van der Waals surface area contributed by atoms with Crippen molar-refractivity contribution in [2.24, 2.45) is 0 Å². The molecular weight excluding hydrogens is 1710 g/mol. The molecule has 724 valence electrons. The van der Waals surface area contributed by atoms with Gasteiger partial charge in [-0.1, -0.05) is 177 Å². The molecule has 32 nitrogen and oxygen atoms in total. The minimum atomic E-state index is -1.23. The molecule has 0 saturated carbocycles. The van der Waals surface area contributed by atoms with E-state index < -0.39 is 125 Å². The molecule has 0 aliphatic carbocycles. The lowest BCUT2D eigenvalue weighted by atomic mass is 10.1. The van der Waals surface area contributed by atoms with E-state index in [-0.39, 0.29) is 153 Å². The first kappa shape index (κ1) is 110. The SMILES string of the molecule is C.O=C(O)COCC(O)COC(COCC(=O)O)COC(COCC(=O)O)COC(COc1ccccc1)COC(COc1ccccc1)COC(COCCCc1ccccc1)COc1ccccc1.OCC(O)COC(CO)COC(CO)COC(COc1ccccc1)COC(COc1ccccc1)COC(COCCCc1ccccc1)COc1ccccc1.[2H]CF. The molecule has 12 atom stereocenters. The van der Waals surface area contributed by atoms with Gasteiger partial charge < -0.3 is 140 Å². The summed E-state index contributed by atoms with van der Waals surface area (Å²) in [6.07, 6.45) is -5.65. The Kier molecular flexibility index (Phi) is 60.9. The van der Waals surface area contributed by atoms with Gasteiger partial charge in [0.05, 0.1) is 127 Å². The summed E-state index contributed by atoms with van der Waals surface area (Å²) in [5.74, 6) is 0.288. The van der Waals surface area contributed by atoms with Crippen LogP contribution < -0.4 is 28.4 Å². The highest BCUT2D eigenvalue weighted by Gasteiger charge is 2.27. The lowest BCUT2D eigenvalue weighted by molar-refractivity contribution is -0.156. The van der Waals surface area contributed by atoms with Crippen LogP contribution in [0.5, 0.6) is 34.5 Å². The Balaban J connectivity index is 0.000000457. The number of alkyl halides is 1. The zero-order valence-electron chi connectivity index (χ0n) is 74.3. The van der Waals surface area contributed by atoms with Crippen LogP contribution in [0.25, 0.3) is 0 Å². The fraction of sp³-hybridized carbons (Fsp3) is 0.480. The van der Waals surface area contributed by atoms with Crippen LogP contribution in [0.3, 0.4) is 0 Å². The molecule has 131 heavy (non-hydrogen) atoms. The quantitative estimate of drug-likeness (QED) is 0.0164. The average Bonchev–Trinajstić information content (AvgIpc) is 0.907. The number of aliphatic carboxylic acids is 3. The number of carboxylic acid groups (broad SMARTS) is 3. The molecular formula is C98H133FO32. The van der Waals surface area contributed by atoms with E-state index in [1.54, 1.807) is 12.1 Å². The summed E-state index contributed by atoms with van der Waals surface area (Å²) in [7, 11) is -1.00. The van der Waals surface area contributed by atoms with Crippen LogP contribution in [-0.4, -0.2) is 331 Å². The van der Waals surface area contributed by atoms with E-state index in [2.05, 4.69) is 24.3 Å². The van der Waals surface area contributed by atoms with Gasteiger partial charge in [-0.25, -0.2) is 14.4 Å². The van der Waals surface area contributed by atoms with Crippen molar-refractivity contribution in [3.05, 3.63) is 254 Å². The third-order valence-corrected chi connectivity index (χ3v) is 18.3. The zero-order valence-corrected chi connectivity index (χ0v) is 73.3. The van der Waals surface area contributed by atoms with Crippen molar-refractivity contribution in [2.45, 2.75) is 106 Å². The Morgan fingerprint density at radius 1 is 0.267 bits per heavy atom. The van der Waals surface area contributed by atoms with Crippen LogP contribution >= 0.6 is 0 Å². The molecule has 8 aromatic rings. The summed E-state index contributed by atoms with van der Waals surface area (Å²) < 4.78 is 141. The van der Waals surface area contributed by atoms with E-state index in [0.717, 1.165) is 31.4 Å². The first-order chi connectivity index (χ1) is 64.1. The van der Waals surface area contributed by atoms with E-state index in [1.165, 1.54) is 11.1 Å². The van der Waals surface area contributed by atoms with Gasteiger partial charge in [-0.3, -0.25) is 4.39 Å². The molecule has 8 N–H and O–H groups in total. The third kappa shape index (κ3) is 55.3. The molecule has 0 heterocycles. The van der Waals surface area contributed by atoms with Gasteiger partial charge in [0.2, 0.25) is 0 Å². The number of hydrogen-bond donors (Lipinski definition) is 8. The van der Waals surface area contributed by atoms with Gasteiger partial charge in [-0.15, -0.1) is 0 Å². The van der Waals surface area contributed by atoms with Crippen molar-refractivity contribution < 1.29 is 160 Å². The topological polar surface area (TPSA) is 407 Å². The number of carboxylic acids is 3. The number of para-hydroxylation sites is 6. The first-order valence-corrected chi connectivity index (χ1v) is 43.0. The standard InChI is InChI=1S/C51H66O19.C45H60O13.CH3F.CH4/c52-40(24-60-36-49(53)54)25-63-45(27-61-37-50(55)56)30-67-46(28-62-38-51(57)58)31-69-48(33-66-43-21-11-4-12-22-43)35-70-47(32-65-42-19-9-3-10-20-42)34-68-44(29-64-41-17-7-2-8-18-41)26-59-23-13-16-39-14-5-1-6-15-39;46-24-37(49)27-51-41(25-47)29-55-42(26-48)30-56-44(32-53-39-19-9-3-10-20-39)35-58-45(33-54-40-21-11-4-12-22-40)34-57-43(31-52-38-17-7-2-8-18-38)28-50-23-13-16-36-14-5-1-6-15-36;1-2;/h1-12,14-15,17-22,40,44-48,52H,13,16,23-38H2,(H,53,54)(H,55,56)(H,57,58);1-12,14-15,17-22,37,41-49H,13,16,23-35H2;1H3;1H4/i;;1D;. The van der Waals surface area contributed by atoms with Crippen LogP contribution in [0.2, 0.25) is 0 Å². The maximum absolute atomic E-state index is 11.4. The largest absolute Gasteiger partial charge is 0.491 e. The van der Waals surface area contributed by atoms with Gasteiger partial charge in [0.15, 0.2) is 0 Å². The third-order valence-electron chi connectivity index (χ3n) is 18.3. The maximum atomic E-state index is 11.4. The number of hydrogen-bond acceptors (Lipinski definition) is 29. The predicted octanol–water partition coefficient (Wildman–Crippen LogP) is 9.82. The first-order valence-electron chi connectivity index (χ1n) is 43.7. The van der Waals surface area contributed by atoms with E-state index in [9.17, 15) is 44.3 Å². The molecule has 0 aromatic heterocycles. The molecule has 0 aliphatic rings. The molecule has 0 saturated heterocycles. The molecule has 0 radical (unpaired) electrons. The Labute approximate surface area is 768 Å². The van der Waals surface area contributed by atoms with Crippen molar-refractivity contribution in [2.75, 3.05) is 199 Å². The van der Waals surface area contributed by atoms with Crippen LogP contribution in [0, 0.1) is 0 Å². The number of aliphatic hydroxyl groups is 5. The number of carbonyl (C=O) groups is 3. The fourth-order valence-corrected chi connectivity index (χ4v) is 11.6. The second kappa shape index (κ2) is 72.7. The number of aryl methyl sites for hydroxylation is 2. The summed E-state index contributed by atoms with van der Waals surface area (Å²) in [5.41, 5.74) is 2.49. The monoisotopic (exact) mass is 1840 g/mol. The number of benzene rings is 8. The minimum Gasteiger partial charge on any atom is -0.491 e. The fourth-order valence-electron chi connectivity index (χ4n) is 11.6. The van der Waals surface area contributed by atoms with Crippen molar-refractivity contribution in [3.63, 3.8) is 0 Å². The van der Waals surface area contributed by atoms with Gasteiger partial charge in [0.25, 0.3) is 0 Å². The highest BCUT2D eigenvalue weighted by atomic mass is 19.1. The van der Waals surface area contributed by atoms with Gasteiger partial charge >= 0.3 is 17.9 Å². The van der Waals surface area contributed by atoms with E-state index in [0.29, 0.717) is 48.6 Å². The minimum absolute atomic E-state index is 0. The smallest absolute Gasteiger partial charge is 0.329 e. The van der Waals surface area contributed by atoms with Crippen molar-refractivity contribution in [1.82, 2.24) is 0 Å². The molecule has 0 spiro atoms. The average molecular weight is 1840 g/mol. The number of ether oxygens (including phenoxy) is 21. The lowest BCUT2D eigenvalue weighted by Crippen LogP contribution is -2.39. The Bertz CT molecular complexity index is 4030. The zero-order chi connectivity index (χ0) is 93.5. The van der Waals surface area contributed by atoms with Gasteiger partial charge in [0, 0.05) is 13.2 Å². The molecule has 0 aliphatic heterocycles. The van der Waals surface area contributed by atoms with E-state index >= 15 is 0 Å². The van der Waals surface area contributed by atoms with Gasteiger partial charge in [0.1, 0.15) is 167 Å². The molecule has 8 aromatic carbocycles. The summed E-state index contributed by atoms with van der Waals surface area (Å²) in [4.78, 5) is 33.3. The normalized spacial score (nSPS) is 14.0. The van der Waals surface area contributed by atoms with Crippen LogP contribution in [-0.2, 0) is 98.3 Å². The van der Waals surface area contributed by atoms with Crippen molar-refractivity contribution in [1.29, 1.82) is 0 Å². The van der Waals surface area contributed by atoms with Crippen LogP contribution in [0.1, 0.15) is 32.8 Å². The van der Waals surface area contributed by atoms with Crippen LogP contribution in [0.4, 0.5) is 4.39 Å². The Morgan fingerprint density at radius 3 is 0.718 bits per heavy atom.